The lowest BCUT2D eigenvalue weighted by atomic mass is 10.2. The second-order valence-corrected chi connectivity index (χ2v) is 6.30. The summed E-state index contributed by atoms with van der Waals surface area (Å²) in [4.78, 5) is 0. The van der Waals surface area contributed by atoms with Crippen LogP contribution in [0.15, 0.2) is 60.7 Å². The summed E-state index contributed by atoms with van der Waals surface area (Å²) in [5, 5.41) is 12.9. The number of phenols is 1. The van der Waals surface area contributed by atoms with Crippen molar-refractivity contribution in [2.24, 2.45) is 0 Å². The molecule has 3 rings (SSSR count). The Labute approximate surface area is 162 Å². The van der Waals surface area contributed by atoms with E-state index in [-0.39, 0.29) is 18.2 Å². The first-order valence-corrected chi connectivity index (χ1v) is 8.70. The fourth-order valence-electron chi connectivity index (χ4n) is 2.56. The number of methoxy groups -OCH3 is 1. The summed E-state index contributed by atoms with van der Waals surface area (Å²) in [6.07, 6.45) is 0. The number of halogens is 2. The quantitative estimate of drug-likeness (QED) is 0.534. The molecule has 0 aromatic heterocycles. The van der Waals surface area contributed by atoms with Crippen LogP contribution >= 0.6 is 11.6 Å². The number of anilines is 1. The molecule has 0 spiro atoms. The number of aromatic hydroxyl groups is 1. The number of nitrogens with one attached hydrogen (secondary N) is 1. The van der Waals surface area contributed by atoms with Gasteiger partial charge in [0, 0.05) is 17.8 Å². The van der Waals surface area contributed by atoms with Gasteiger partial charge >= 0.3 is 0 Å². The second kappa shape index (κ2) is 8.64. The molecular weight excluding hydrogens is 369 g/mol. The van der Waals surface area contributed by atoms with E-state index in [2.05, 4.69) is 5.32 Å². The fourth-order valence-corrected chi connectivity index (χ4v) is 2.85. The number of hydrogen-bond acceptors (Lipinski definition) is 4. The standard InChI is InChI=1S/C21H19ClFNO3/c1-26-20-11-14(12-24-16-6-8-17(25)9-7-16)10-18(22)21(20)27-13-15-4-2-3-5-19(15)23/h2-11,24-25H,12-13H2,1H3. The fraction of sp³-hybridized carbons (Fsp3) is 0.143. The summed E-state index contributed by atoms with van der Waals surface area (Å²) in [6, 6.07) is 16.8. The van der Waals surface area contributed by atoms with E-state index in [9.17, 15) is 9.50 Å². The van der Waals surface area contributed by atoms with Gasteiger partial charge in [-0.2, -0.15) is 0 Å². The Morgan fingerprint density at radius 3 is 2.52 bits per heavy atom. The lowest BCUT2D eigenvalue weighted by Gasteiger charge is -2.15. The zero-order chi connectivity index (χ0) is 19.2. The highest BCUT2D eigenvalue weighted by atomic mass is 35.5. The van der Waals surface area contributed by atoms with Crippen LogP contribution in [0, 0.1) is 5.82 Å². The van der Waals surface area contributed by atoms with Gasteiger partial charge in [-0.25, -0.2) is 4.39 Å². The molecule has 0 aliphatic heterocycles. The molecule has 2 N–H and O–H groups in total. The van der Waals surface area contributed by atoms with Crippen LogP contribution in [0.4, 0.5) is 10.1 Å². The first-order valence-electron chi connectivity index (χ1n) is 8.32. The molecule has 0 bridgehead atoms. The van der Waals surface area contributed by atoms with Gasteiger partial charge in [-0.1, -0.05) is 29.8 Å². The van der Waals surface area contributed by atoms with Crippen molar-refractivity contribution < 1.29 is 19.0 Å². The Morgan fingerprint density at radius 2 is 1.81 bits per heavy atom. The minimum atomic E-state index is -0.331. The molecule has 27 heavy (non-hydrogen) atoms. The maximum absolute atomic E-state index is 13.8. The van der Waals surface area contributed by atoms with Gasteiger partial charge in [0.2, 0.25) is 0 Å². The highest BCUT2D eigenvalue weighted by Gasteiger charge is 2.13. The molecule has 3 aromatic rings. The first-order chi connectivity index (χ1) is 13.1. The molecule has 0 saturated carbocycles. The Kier molecular flexibility index (Phi) is 6.04. The number of benzene rings is 3. The third kappa shape index (κ3) is 4.83. The van der Waals surface area contributed by atoms with E-state index < -0.39 is 0 Å². The molecule has 0 radical (unpaired) electrons. The van der Waals surface area contributed by atoms with Crippen LogP contribution in [0.25, 0.3) is 0 Å². The van der Waals surface area contributed by atoms with Crippen molar-refractivity contribution in [2.45, 2.75) is 13.2 Å². The third-order valence-corrected chi connectivity index (χ3v) is 4.26. The minimum Gasteiger partial charge on any atom is -0.508 e. The lowest BCUT2D eigenvalue weighted by molar-refractivity contribution is 0.280. The average molecular weight is 388 g/mol. The molecule has 0 fully saturated rings. The van der Waals surface area contributed by atoms with E-state index in [1.165, 1.54) is 13.2 Å². The Morgan fingerprint density at radius 1 is 1.07 bits per heavy atom. The minimum absolute atomic E-state index is 0.0495. The topological polar surface area (TPSA) is 50.7 Å². The van der Waals surface area contributed by atoms with E-state index in [0.29, 0.717) is 28.6 Å². The van der Waals surface area contributed by atoms with Crippen LogP contribution in [0.3, 0.4) is 0 Å². The van der Waals surface area contributed by atoms with Gasteiger partial charge in [0.05, 0.1) is 12.1 Å². The van der Waals surface area contributed by atoms with E-state index in [4.69, 9.17) is 21.1 Å². The predicted molar refractivity (Wildman–Crippen MR) is 104 cm³/mol. The van der Waals surface area contributed by atoms with Crippen molar-refractivity contribution in [3.8, 4) is 17.2 Å². The maximum Gasteiger partial charge on any atom is 0.180 e. The van der Waals surface area contributed by atoms with Gasteiger partial charge in [0.25, 0.3) is 0 Å². The van der Waals surface area contributed by atoms with Gasteiger partial charge in [0.15, 0.2) is 11.5 Å². The van der Waals surface area contributed by atoms with Crippen molar-refractivity contribution >= 4 is 17.3 Å². The van der Waals surface area contributed by atoms with Crippen LogP contribution in [-0.4, -0.2) is 12.2 Å². The zero-order valence-electron chi connectivity index (χ0n) is 14.7. The maximum atomic E-state index is 13.8. The largest absolute Gasteiger partial charge is 0.508 e. The molecule has 0 amide bonds. The Bertz CT molecular complexity index is 916. The summed E-state index contributed by atoms with van der Waals surface area (Å²) in [7, 11) is 1.53. The Hall–Kier alpha value is -2.92. The average Bonchev–Trinajstić information content (AvgIpc) is 2.67. The molecule has 0 saturated heterocycles. The highest BCUT2D eigenvalue weighted by Crippen LogP contribution is 2.37. The molecule has 0 heterocycles. The SMILES string of the molecule is COc1cc(CNc2ccc(O)cc2)cc(Cl)c1OCc1ccccc1F. The van der Waals surface area contributed by atoms with Crippen LogP contribution in [0.1, 0.15) is 11.1 Å². The summed E-state index contributed by atoms with van der Waals surface area (Å²) in [6.45, 7) is 0.558. The number of rotatable bonds is 7. The normalized spacial score (nSPS) is 10.5. The molecule has 0 unspecified atom stereocenters. The number of phenolic OH excluding ortho intramolecular Hbond substituents is 1. The van der Waals surface area contributed by atoms with Crippen LogP contribution in [0.5, 0.6) is 17.2 Å². The number of ether oxygens (including phenoxy) is 2. The van der Waals surface area contributed by atoms with Gasteiger partial charge in [0.1, 0.15) is 18.2 Å². The van der Waals surface area contributed by atoms with Gasteiger partial charge in [-0.3, -0.25) is 0 Å². The van der Waals surface area contributed by atoms with Gasteiger partial charge < -0.3 is 19.9 Å². The summed E-state index contributed by atoms with van der Waals surface area (Å²) < 4.78 is 24.9. The van der Waals surface area contributed by atoms with Crippen LogP contribution in [-0.2, 0) is 13.2 Å². The summed E-state index contributed by atoms with van der Waals surface area (Å²) in [5.74, 6) is 0.723. The van der Waals surface area contributed by atoms with Gasteiger partial charge in [-0.05, 0) is 48.0 Å². The molecule has 140 valence electrons. The van der Waals surface area contributed by atoms with E-state index in [1.807, 2.05) is 6.07 Å². The van der Waals surface area contributed by atoms with Crippen molar-refractivity contribution in [1.82, 2.24) is 0 Å². The number of hydrogen-bond donors (Lipinski definition) is 2. The molecule has 0 aliphatic rings. The monoisotopic (exact) mass is 387 g/mol. The lowest BCUT2D eigenvalue weighted by Crippen LogP contribution is -2.03. The van der Waals surface area contributed by atoms with E-state index in [1.54, 1.807) is 48.5 Å². The van der Waals surface area contributed by atoms with Crippen molar-refractivity contribution in [3.63, 3.8) is 0 Å². The zero-order valence-corrected chi connectivity index (χ0v) is 15.5. The predicted octanol–water partition coefficient (Wildman–Crippen LogP) is 5.38. The molecule has 0 atom stereocenters. The second-order valence-electron chi connectivity index (χ2n) is 5.89. The van der Waals surface area contributed by atoms with Crippen molar-refractivity contribution in [3.05, 3.63) is 82.6 Å². The molecule has 4 nitrogen and oxygen atoms in total. The summed E-state index contributed by atoms with van der Waals surface area (Å²) in [5.41, 5.74) is 2.19. The first kappa shape index (κ1) is 18.9. The van der Waals surface area contributed by atoms with Gasteiger partial charge in [-0.15, -0.1) is 0 Å². The molecular formula is C21H19ClFNO3. The van der Waals surface area contributed by atoms with E-state index >= 15 is 0 Å². The molecule has 3 aromatic carbocycles. The smallest absolute Gasteiger partial charge is 0.180 e. The third-order valence-electron chi connectivity index (χ3n) is 3.98. The van der Waals surface area contributed by atoms with Crippen LogP contribution in [0.2, 0.25) is 5.02 Å². The molecule has 6 heteroatoms. The van der Waals surface area contributed by atoms with E-state index in [0.717, 1.165) is 11.3 Å². The van der Waals surface area contributed by atoms with Crippen LogP contribution < -0.4 is 14.8 Å². The molecule has 0 aliphatic carbocycles. The van der Waals surface area contributed by atoms with Crippen molar-refractivity contribution in [1.29, 1.82) is 0 Å². The summed E-state index contributed by atoms with van der Waals surface area (Å²) >= 11 is 6.36. The Balaban J connectivity index is 1.72. The highest BCUT2D eigenvalue weighted by molar-refractivity contribution is 6.32. The van der Waals surface area contributed by atoms with Crippen molar-refractivity contribution in [2.75, 3.05) is 12.4 Å².